The van der Waals surface area contributed by atoms with Gasteiger partial charge in [0.05, 0.1) is 12.2 Å². The lowest BCUT2D eigenvalue weighted by atomic mass is 9.98. The molecule has 0 bridgehead atoms. The highest BCUT2D eigenvalue weighted by atomic mass is 16.7. The summed E-state index contributed by atoms with van der Waals surface area (Å²) in [5, 5.41) is 8.75. The molecule has 1 fully saturated rings. The largest absolute Gasteiger partial charge is 0.396 e. The molecule has 1 rings (SSSR count). The predicted octanol–water partition coefficient (Wildman–Crippen LogP) is 0.910. The number of ether oxygens (including phenoxy) is 2. The van der Waals surface area contributed by atoms with Gasteiger partial charge in [0.25, 0.3) is 0 Å². The highest BCUT2D eigenvalue weighted by Crippen LogP contribution is 2.26. The molecule has 1 aliphatic heterocycles. The van der Waals surface area contributed by atoms with Crippen LogP contribution in [-0.4, -0.2) is 30.2 Å². The Morgan fingerprint density at radius 1 is 1.64 bits per heavy atom. The number of aliphatic hydroxyl groups is 1. The van der Waals surface area contributed by atoms with E-state index in [1.807, 2.05) is 13.8 Å². The number of hydrogen-bond donors (Lipinski definition) is 1. The van der Waals surface area contributed by atoms with E-state index in [2.05, 4.69) is 0 Å². The minimum absolute atomic E-state index is 0.125. The molecule has 2 unspecified atom stereocenters. The van der Waals surface area contributed by atoms with Crippen molar-refractivity contribution in [2.75, 3.05) is 13.2 Å². The highest BCUT2D eigenvalue weighted by molar-refractivity contribution is 4.77. The highest BCUT2D eigenvalue weighted by Gasteiger charge is 2.30. The van der Waals surface area contributed by atoms with Crippen LogP contribution in [0.15, 0.2) is 0 Å². The third-order valence-electron chi connectivity index (χ3n) is 2.07. The van der Waals surface area contributed by atoms with Crippen molar-refractivity contribution in [1.82, 2.24) is 0 Å². The average molecular weight is 160 g/mol. The van der Waals surface area contributed by atoms with E-state index in [4.69, 9.17) is 14.6 Å². The summed E-state index contributed by atoms with van der Waals surface area (Å²) in [6.45, 7) is 4.82. The maximum Gasteiger partial charge on any atom is 0.155 e. The first-order valence-corrected chi connectivity index (χ1v) is 4.06. The summed E-state index contributed by atoms with van der Waals surface area (Å²) in [7, 11) is 0. The summed E-state index contributed by atoms with van der Waals surface area (Å²) >= 11 is 0. The molecule has 0 radical (unpaired) electrons. The fraction of sp³-hybridized carbons (Fsp3) is 1.00. The summed E-state index contributed by atoms with van der Waals surface area (Å²) in [4.78, 5) is 0. The van der Waals surface area contributed by atoms with Crippen molar-refractivity contribution in [2.45, 2.75) is 38.6 Å². The van der Waals surface area contributed by atoms with Crippen LogP contribution in [0.5, 0.6) is 0 Å². The molecular formula is C8H16O3. The van der Waals surface area contributed by atoms with Gasteiger partial charge in [-0.05, 0) is 26.7 Å². The maximum absolute atomic E-state index is 8.75. The first-order valence-electron chi connectivity index (χ1n) is 4.06. The van der Waals surface area contributed by atoms with Gasteiger partial charge in [-0.3, -0.25) is 0 Å². The van der Waals surface area contributed by atoms with Crippen LogP contribution < -0.4 is 0 Å². The molecule has 2 atom stereocenters. The Morgan fingerprint density at radius 3 is 2.91 bits per heavy atom. The van der Waals surface area contributed by atoms with E-state index in [-0.39, 0.29) is 18.5 Å². The molecule has 1 saturated heterocycles. The topological polar surface area (TPSA) is 38.7 Å². The SMILES string of the molecule is CC1OCCC(C)(CCO)O1. The Morgan fingerprint density at radius 2 is 2.36 bits per heavy atom. The van der Waals surface area contributed by atoms with Crippen LogP contribution in [-0.2, 0) is 9.47 Å². The maximum atomic E-state index is 8.75. The Balaban J connectivity index is 2.41. The van der Waals surface area contributed by atoms with Crippen molar-refractivity contribution in [3.8, 4) is 0 Å². The second-order valence-corrected chi connectivity index (χ2v) is 3.23. The summed E-state index contributed by atoms with van der Waals surface area (Å²) in [6.07, 6.45) is 1.44. The number of aliphatic hydroxyl groups excluding tert-OH is 1. The molecule has 0 aromatic rings. The van der Waals surface area contributed by atoms with Gasteiger partial charge in [0.15, 0.2) is 6.29 Å². The van der Waals surface area contributed by atoms with Crippen molar-refractivity contribution in [3.63, 3.8) is 0 Å². The van der Waals surface area contributed by atoms with E-state index >= 15 is 0 Å². The smallest absolute Gasteiger partial charge is 0.155 e. The van der Waals surface area contributed by atoms with Crippen LogP contribution in [0.25, 0.3) is 0 Å². The zero-order valence-electron chi connectivity index (χ0n) is 7.17. The Hall–Kier alpha value is -0.120. The van der Waals surface area contributed by atoms with Gasteiger partial charge in [0.2, 0.25) is 0 Å². The second-order valence-electron chi connectivity index (χ2n) is 3.23. The standard InChI is InChI=1S/C8H16O3/c1-7-10-6-4-8(2,11-7)3-5-9/h7,9H,3-6H2,1-2H3. The van der Waals surface area contributed by atoms with Crippen LogP contribution in [0.2, 0.25) is 0 Å². The Labute approximate surface area is 67.3 Å². The number of hydrogen-bond acceptors (Lipinski definition) is 3. The molecule has 0 spiro atoms. The molecule has 1 N–H and O–H groups in total. The fourth-order valence-electron chi connectivity index (χ4n) is 1.35. The normalized spacial score (nSPS) is 39.0. The van der Waals surface area contributed by atoms with Crippen molar-refractivity contribution in [1.29, 1.82) is 0 Å². The fourth-order valence-corrected chi connectivity index (χ4v) is 1.35. The molecule has 1 heterocycles. The minimum atomic E-state index is -0.174. The Bertz CT molecular complexity index is 123. The molecule has 0 aliphatic carbocycles. The lowest BCUT2D eigenvalue weighted by molar-refractivity contribution is -0.245. The average Bonchev–Trinajstić information content (AvgIpc) is 1.86. The van der Waals surface area contributed by atoms with Crippen LogP contribution in [0, 0.1) is 0 Å². The van der Waals surface area contributed by atoms with Crippen molar-refractivity contribution in [2.24, 2.45) is 0 Å². The quantitative estimate of drug-likeness (QED) is 0.652. The minimum Gasteiger partial charge on any atom is -0.396 e. The zero-order valence-corrected chi connectivity index (χ0v) is 7.17. The third kappa shape index (κ3) is 2.43. The van der Waals surface area contributed by atoms with Gasteiger partial charge in [-0.15, -0.1) is 0 Å². The van der Waals surface area contributed by atoms with Gasteiger partial charge in [0, 0.05) is 6.61 Å². The van der Waals surface area contributed by atoms with Crippen molar-refractivity contribution >= 4 is 0 Å². The molecule has 3 nitrogen and oxygen atoms in total. The van der Waals surface area contributed by atoms with Gasteiger partial charge in [-0.1, -0.05) is 0 Å². The predicted molar refractivity (Wildman–Crippen MR) is 41.2 cm³/mol. The van der Waals surface area contributed by atoms with E-state index < -0.39 is 0 Å². The molecule has 66 valence electrons. The number of rotatable bonds is 2. The monoisotopic (exact) mass is 160 g/mol. The van der Waals surface area contributed by atoms with E-state index in [1.54, 1.807) is 0 Å². The second kappa shape index (κ2) is 3.52. The summed E-state index contributed by atoms with van der Waals surface area (Å²) in [5.41, 5.74) is -0.174. The molecule has 0 aromatic heterocycles. The molecule has 11 heavy (non-hydrogen) atoms. The third-order valence-corrected chi connectivity index (χ3v) is 2.07. The summed E-state index contributed by atoms with van der Waals surface area (Å²) in [6, 6.07) is 0. The zero-order chi connectivity index (χ0) is 8.32. The summed E-state index contributed by atoms with van der Waals surface area (Å²) in [5.74, 6) is 0. The van der Waals surface area contributed by atoms with Gasteiger partial charge in [-0.25, -0.2) is 0 Å². The molecule has 0 saturated carbocycles. The van der Waals surface area contributed by atoms with Gasteiger partial charge < -0.3 is 14.6 Å². The van der Waals surface area contributed by atoms with Gasteiger partial charge in [0.1, 0.15) is 0 Å². The lowest BCUT2D eigenvalue weighted by Crippen LogP contribution is -2.40. The van der Waals surface area contributed by atoms with E-state index in [9.17, 15) is 0 Å². The Kier molecular flexibility index (Phi) is 2.87. The van der Waals surface area contributed by atoms with Gasteiger partial charge >= 0.3 is 0 Å². The van der Waals surface area contributed by atoms with Crippen LogP contribution in [0.1, 0.15) is 26.7 Å². The first-order chi connectivity index (χ1) is 5.16. The van der Waals surface area contributed by atoms with E-state index in [1.165, 1.54) is 0 Å². The molecule has 3 heteroatoms. The molecule has 0 aromatic carbocycles. The molecule has 0 amide bonds. The van der Waals surface area contributed by atoms with Gasteiger partial charge in [-0.2, -0.15) is 0 Å². The first kappa shape index (κ1) is 8.97. The molecular weight excluding hydrogens is 144 g/mol. The van der Waals surface area contributed by atoms with E-state index in [0.29, 0.717) is 6.42 Å². The van der Waals surface area contributed by atoms with E-state index in [0.717, 1.165) is 13.0 Å². The van der Waals surface area contributed by atoms with Crippen LogP contribution >= 0.6 is 0 Å². The summed E-state index contributed by atoms with van der Waals surface area (Å²) < 4.78 is 10.7. The van der Waals surface area contributed by atoms with Crippen LogP contribution in [0.4, 0.5) is 0 Å². The van der Waals surface area contributed by atoms with Crippen molar-refractivity contribution in [3.05, 3.63) is 0 Å². The van der Waals surface area contributed by atoms with Crippen LogP contribution in [0.3, 0.4) is 0 Å². The van der Waals surface area contributed by atoms with Crippen molar-refractivity contribution < 1.29 is 14.6 Å². The lowest BCUT2D eigenvalue weighted by Gasteiger charge is -2.36. The molecule has 1 aliphatic rings.